The Hall–Kier alpha value is -2.13. The van der Waals surface area contributed by atoms with E-state index in [-0.39, 0.29) is 18.6 Å². The van der Waals surface area contributed by atoms with Crippen molar-refractivity contribution in [2.24, 2.45) is 5.92 Å². The van der Waals surface area contributed by atoms with Crippen molar-refractivity contribution in [3.05, 3.63) is 71.3 Å². The van der Waals surface area contributed by atoms with Crippen LogP contribution in [0.2, 0.25) is 0 Å². The summed E-state index contributed by atoms with van der Waals surface area (Å²) in [5, 5.41) is 11.8. The fraction of sp³-hybridized carbons (Fsp3) is 0.500. The average Bonchev–Trinajstić information content (AvgIpc) is 2.71. The number of allylic oxidation sites excluding steroid dienone is 5. The smallest absolute Gasteiger partial charge is 0.246 e. The maximum Gasteiger partial charge on any atom is 0.246 e. The number of carbonyl (C=O) groups is 1. The maximum absolute atomic E-state index is 11.9. The molecule has 0 bridgehead atoms. The highest BCUT2D eigenvalue weighted by Gasteiger charge is 2.07. The van der Waals surface area contributed by atoms with Gasteiger partial charge in [0.25, 0.3) is 0 Å². The van der Waals surface area contributed by atoms with Crippen LogP contribution in [0.25, 0.3) is 0 Å². The van der Waals surface area contributed by atoms with Crippen LogP contribution in [0.4, 0.5) is 0 Å². The van der Waals surface area contributed by atoms with Crippen molar-refractivity contribution in [3.8, 4) is 0 Å². The molecule has 3 heteroatoms. The van der Waals surface area contributed by atoms with Crippen molar-refractivity contribution in [1.29, 1.82) is 0 Å². The summed E-state index contributed by atoms with van der Waals surface area (Å²) in [5.74, 6) is 0.598. The van der Waals surface area contributed by atoms with Crippen molar-refractivity contribution >= 4 is 5.91 Å². The Bertz CT molecular complexity index is 673. The van der Waals surface area contributed by atoms with Crippen LogP contribution in [-0.4, -0.2) is 23.7 Å². The lowest BCUT2D eigenvalue weighted by atomic mass is 9.98. The normalized spacial score (nSPS) is 14.8. The molecule has 0 fully saturated rings. The fourth-order valence-corrected chi connectivity index (χ4v) is 3.02. The molecule has 0 saturated carbocycles. The van der Waals surface area contributed by atoms with Crippen molar-refractivity contribution in [1.82, 2.24) is 5.32 Å². The van der Waals surface area contributed by atoms with E-state index in [0.717, 1.165) is 25.7 Å². The Morgan fingerprint density at radius 1 is 1.10 bits per heavy atom. The largest absolute Gasteiger partial charge is 0.394 e. The average molecular weight is 398 g/mol. The Morgan fingerprint density at radius 3 is 2.52 bits per heavy atom. The van der Waals surface area contributed by atoms with Gasteiger partial charge in [-0.1, -0.05) is 73.6 Å². The van der Waals surface area contributed by atoms with Gasteiger partial charge in [0.15, 0.2) is 0 Å². The minimum absolute atomic E-state index is 0.0424. The number of hydrogen-bond donors (Lipinski definition) is 2. The zero-order valence-electron chi connectivity index (χ0n) is 18.7. The number of benzene rings is 1. The Labute approximate surface area is 177 Å². The highest BCUT2D eigenvalue weighted by Crippen LogP contribution is 2.16. The molecule has 0 spiro atoms. The lowest BCUT2D eigenvalue weighted by molar-refractivity contribution is -0.118. The SMILES string of the molecule is C/C(=C\C/C=C(\C)C(=O)NC(C)CO)CCCC(C)C/C=C/Cc1ccccc1. The molecule has 0 heterocycles. The van der Waals surface area contributed by atoms with Crippen molar-refractivity contribution in [2.45, 2.75) is 72.3 Å². The summed E-state index contributed by atoms with van der Waals surface area (Å²) in [6.07, 6.45) is 15.2. The van der Waals surface area contributed by atoms with Crippen LogP contribution in [-0.2, 0) is 11.2 Å². The van der Waals surface area contributed by atoms with Crippen molar-refractivity contribution < 1.29 is 9.90 Å². The molecule has 0 aliphatic heterocycles. The third-order valence-corrected chi connectivity index (χ3v) is 5.07. The first-order valence-electron chi connectivity index (χ1n) is 10.8. The van der Waals surface area contributed by atoms with Gasteiger partial charge in [0.1, 0.15) is 0 Å². The number of carbonyl (C=O) groups excluding carboxylic acids is 1. The second-order valence-electron chi connectivity index (χ2n) is 8.12. The standard InChI is InChI=1S/C26H39NO2/c1-21(12-8-9-19-25-17-6-5-7-18-25)13-10-14-22(2)15-11-16-23(3)26(29)27-24(4)20-28/h5-9,15-18,21,24,28H,10-14,19-20H2,1-4H3,(H,27,29)/b9-8+,22-15+,23-16+. The molecule has 0 saturated heterocycles. The van der Waals surface area contributed by atoms with E-state index in [9.17, 15) is 4.79 Å². The molecule has 2 unspecified atom stereocenters. The van der Waals surface area contributed by atoms with E-state index in [1.54, 1.807) is 6.92 Å². The van der Waals surface area contributed by atoms with Gasteiger partial charge in [0.2, 0.25) is 5.91 Å². The first kappa shape index (κ1) is 24.9. The highest BCUT2D eigenvalue weighted by molar-refractivity contribution is 5.92. The van der Waals surface area contributed by atoms with Crippen LogP contribution >= 0.6 is 0 Å². The zero-order chi connectivity index (χ0) is 21.5. The zero-order valence-corrected chi connectivity index (χ0v) is 18.7. The lowest BCUT2D eigenvalue weighted by Crippen LogP contribution is -2.35. The van der Waals surface area contributed by atoms with Crippen molar-refractivity contribution in [2.75, 3.05) is 6.61 Å². The molecule has 0 aromatic heterocycles. The van der Waals surface area contributed by atoms with E-state index in [1.807, 2.05) is 13.0 Å². The van der Waals surface area contributed by atoms with Gasteiger partial charge in [0.05, 0.1) is 6.61 Å². The van der Waals surface area contributed by atoms with Gasteiger partial charge in [-0.15, -0.1) is 0 Å². The van der Waals surface area contributed by atoms with Gasteiger partial charge in [0, 0.05) is 11.6 Å². The summed E-state index contributed by atoms with van der Waals surface area (Å²) in [4.78, 5) is 11.9. The predicted octanol–water partition coefficient (Wildman–Crippen LogP) is 5.76. The Morgan fingerprint density at radius 2 is 1.83 bits per heavy atom. The molecule has 2 atom stereocenters. The highest BCUT2D eigenvalue weighted by atomic mass is 16.3. The number of aliphatic hydroxyl groups is 1. The lowest BCUT2D eigenvalue weighted by Gasteiger charge is -2.10. The van der Waals surface area contributed by atoms with Gasteiger partial charge in [-0.3, -0.25) is 4.79 Å². The summed E-state index contributed by atoms with van der Waals surface area (Å²) in [6.45, 7) is 8.05. The molecule has 0 aliphatic carbocycles. The molecular weight excluding hydrogens is 358 g/mol. The molecule has 0 aliphatic rings. The van der Waals surface area contributed by atoms with Crippen molar-refractivity contribution in [3.63, 3.8) is 0 Å². The summed E-state index contributed by atoms with van der Waals surface area (Å²) in [6, 6.07) is 10.4. The van der Waals surface area contributed by atoms with E-state index in [2.05, 4.69) is 67.7 Å². The van der Waals surface area contributed by atoms with Crippen LogP contribution in [0.5, 0.6) is 0 Å². The number of nitrogens with one attached hydrogen (secondary N) is 1. The molecule has 1 amide bonds. The quantitative estimate of drug-likeness (QED) is 0.328. The van der Waals surface area contributed by atoms with Crippen LogP contribution < -0.4 is 5.32 Å². The van der Waals surface area contributed by atoms with Crippen LogP contribution in [0.1, 0.15) is 65.4 Å². The van der Waals surface area contributed by atoms with E-state index in [4.69, 9.17) is 5.11 Å². The van der Waals surface area contributed by atoms with Crippen LogP contribution in [0.3, 0.4) is 0 Å². The Kier molecular flexibility index (Phi) is 12.7. The minimum atomic E-state index is -0.210. The first-order valence-corrected chi connectivity index (χ1v) is 10.8. The summed E-state index contributed by atoms with van der Waals surface area (Å²) in [5.41, 5.74) is 3.44. The molecule has 2 N–H and O–H groups in total. The third-order valence-electron chi connectivity index (χ3n) is 5.07. The van der Waals surface area contributed by atoms with E-state index >= 15 is 0 Å². The van der Waals surface area contributed by atoms with E-state index in [1.165, 1.54) is 24.0 Å². The topological polar surface area (TPSA) is 49.3 Å². The van der Waals surface area contributed by atoms with Gasteiger partial charge < -0.3 is 10.4 Å². The van der Waals surface area contributed by atoms with E-state index < -0.39 is 0 Å². The molecule has 0 radical (unpaired) electrons. The number of aliphatic hydroxyl groups excluding tert-OH is 1. The second-order valence-corrected chi connectivity index (χ2v) is 8.12. The molecule has 29 heavy (non-hydrogen) atoms. The number of rotatable bonds is 13. The molecule has 160 valence electrons. The van der Waals surface area contributed by atoms with E-state index in [0.29, 0.717) is 11.5 Å². The van der Waals surface area contributed by atoms with Gasteiger partial charge >= 0.3 is 0 Å². The first-order chi connectivity index (χ1) is 13.9. The molecule has 1 aromatic rings. The molecule has 1 aromatic carbocycles. The van der Waals surface area contributed by atoms with Gasteiger partial charge in [-0.25, -0.2) is 0 Å². The monoisotopic (exact) mass is 397 g/mol. The van der Waals surface area contributed by atoms with Crippen LogP contribution in [0, 0.1) is 5.92 Å². The minimum Gasteiger partial charge on any atom is -0.394 e. The Balaban J connectivity index is 2.22. The van der Waals surface area contributed by atoms with Gasteiger partial charge in [-0.2, -0.15) is 0 Å². The third kappa shape index (κ3) is 12.1. The predicted molar refractivity (Wildman–Crippen MR) is 124 cm³/mol. The molecule has 1 rings (SSSR count). The van der Waals surface area contributed by atoms with Crippen LogP contribution in [0.15, 0.2) is 65.8 Å². The van der Waals surface area contributed by atoms with Gasteiger partial charge in [-0.05, 0) is 64.4 Å². The maximum atomic E-state index is 11.9. The number of amides is 1. The fourth-order valence-electron chi connectivity index (χ4n) is 3.02. The summed E-state index contributed by atoms with van der Waals surface area (Å²) in [7, 11) is 0. The second kappa shape index (κ2) is 14.8. The summed E-state index contributed by atoms with van der Waals surface area (Å²) >= 11 is 0. The number of hydrogen-bond acceptors (Lipinski definition) is 2. The molecule has 3 nitrogen and oxygen atoms in total. The summed E-state index contributed by atoms with van der Waals surface area (Å²) < 4.78 is 0. The molecular formula is C26H39NO2.